The van der Waals surface area contributed by atoms with E-state index in [9.17, 15) is 14.9 Å². The number of benzene rings is 2. The minimum atomic E-state index is -0.811. The molecule has 138 valence electrons. The molecule has 0 saturated carbocycles. The van der Waals surface area contributed by atoms with Crippen molar-refractivity contribution in [1.82, 2.24) is 0 Å². The Labute approximate surface area is 152 Å². The average Bonchev–Trinajstić information content (AvgIpc) is 2.63. The molecule has 1 unspecified atom stereocenters. The van der Waals surface area contributed by atoms with Gasteiger partial charge in [0.15, 0.2) is 6.10 Å². The monoisotopic (exact) mass is 358 g/mol. The molecule has 7 nitrogen and oxygen atoms in total. The topological polar surface area (TPSA) is 90.7 Å². The van der Waals surface area contributed by atoms with Gasteiger partial charge in [0.25, 0.3) is 11.6 Å². The highest BCUT2D eigenvalue weighted by Crippen LogP contribution is 2.29. The standard InChI is InChI=1S/C19H22N2O5/c1-4-5-14-6-8-15(9-7-14)26-13(2)19(22)20-17-11-10-16(25-3)12-18(17)21(23)24/h6-13H,4-5H2,1-3H3,(H,20,22). The van der Waals surface area contributed by atoms with Crippen molar-refractivity contribution in [3.8, 4) is 11.5 Å². The van der Waals surface area contributed by atoms with Crippen LogP contribution in [0.3, 0.4) is 0 Å². The Bertz CT molecular complexity index is 774. The second kappa shape index (κ2) is 8.84. The Morgan fingerprint density at radius 3 is 2.42 bits per heavy atom. The molecule has 7 heteroatoms. The Morgan fingerprint density at radius 1 is 1.19 bits per heavy atom. The van der Waals surface area contributed by atoms with Crippen LogP contribution in [0.25, 0.3) is 0 Å². The van der Waals surface area contributed by atoms with E-state index in [4.69, 9.17) is 9.47 Å². The summed E-state index contributed by atoms with van der Waals surface area (Å²) < 4.78 is 10.6. The molecule has 26 heavy (non-hydrogen) atoms. The van der Waals surface area contributed by atoms with Crippen LogP contribution in [-0.2, 0) is 11.2 Å². The Kier molecular flexibility index (Phi) is 6.54. The van der Waals surface area contributed by atoms with Crippen LogP contribution in [0.5, 0.6) is 11.5 Å². The third-order valence-electron chi connectivity index (χ3n) is 3.80. The van der Waals surface area contributed by atoms with Crippen molar-refractivity contribution in [2.24, 2.45) is 0 Å². The summed E-state index contributed by atoms with van der Waals surface area (Å²) in [5.74, 6) is 0.429. The van der Waals surface area contributed by atoms with Gasteiger partial charge in [-0.2, -0.15) is 0 Å². The van der Waals surface area contributed by atoms with Crippen LogP contribution < -0.4 is 14.8 Å². The molecule has 0 aromatic heterocycles. The van der Waals surface area contributed by atoms with Crippen molar-refractivity contribution in [3.05, 3.63) is 58.1 Å². The van der Waals surface area contributed by atoms with Gasteiger partial charge in [-0.25, -0.2) is 0 Å². The summed E-state index contributed by atoms with van der Waals surface area (Å²) in [6, 6.07) is 11.8. The lowest BCUT2D eigenvalue weighted by atomic mass is 10.1. The minimum absolute atomic E-state index is 0.0922. The van der Waals surface area contributed by atoms with Gasteiger partial charge in [0.1, 0.15) is 17.2 Å². The van der Waals surface area contributed by atoms with Gasteiger partial charge in [0.2, 0.25) is 0 Å². The van der Waals surface area contributed by atoms with Gasteiger partial charge in [-0.15, -0.1) is 0 Å². The summed E-state index contributed by atoms with van der Waals surface area (Å²) in [5, 5.41) is 13.7. The molecule has 0 aliphatic carbocycles. The van der Waals surface area contributed by atoms with Crippen molar-refractivity contribution in [2.45, 2.75) is 32.8 Å². The first-order valence-electron chi connectivity index (χ1n) is 8.33. The maximum absolute atomic E-state index is 12.3. The van der Waals surface area contributed by atoms with Crippen molar-refractivity contribution >= 4 is 17.3 Å². The van der Waals surface area contributed by atoms with Crippen LogP contribution in [0.15, 0.2) is 42.5 Å². The van der Waals surface area contributed by atoms with E-state index in [-0.39, 0.29) is 11.4 Å². The van der Waals surface area contributed by atoms with Crippen LogP contribution in [0.2, 0.25) is 0 Å². The van der Waals surface area contributed by atoms with Crippen LogP contribution in [0, 0.1) is 10.1 Å². The molecule has 0 heterocycles. The molecule has 2 aromatic carbocycles. The van der Waals surface area contributed by atoms with Gasteiger partial charge in [-0.05, 0) is 43.2 Å². The second-order valence-electron chi connectivity index (χ2n) is 5.78. The number of aryl methyl sites for hydroxylation is 1. The molecular formula is C19H22N2O5. The number of hydrogen-bond donors (Lipinski definition) is 1. The quantitative estimate of drug-likeness (QED) is 0.570. The third kappa shape index (κ3) is 4.95. The van der Waals surface area contributed by atoms with Crippen molar-refractivity contribution in [1.29, 1.82) is 0 Å². The van der Waals surface area contributed by atoms with Crippen LogP contribution in [0.1, 0.15) is 25.8 Å². The third-order valence-corrected chi connectivity index (χ3v) is 3.80. The lowest BCUT2D eigenvalue weighted by Crippen LogP contribution is -2.30. The van der Waals surface area contributed by atoms with Gasteiger partial charge < -0.3 is 14.8 Å². The van der Waals surface area contributed by atoms with Gasteiger partial charge in [-0.3, -0.25) is 14.9 Å². The molecular weight excluding hydrogens is 336 g/mol. The number of carbonyl (C=O) groups is 1. The van der Waals surface area contributed by atoms with E-state index in [0.717, 1.165) is 12.8 Å². The highest BCUT2D eigenvalue weighted by molar-refractivity contribution is 5.96. The van der Waals surface area contributed by atoms with E-state index in [1.54, 1.807) is 13.0 Å². The molecule has 0 bridgehead atoms. The second-order valence-corrected chi connectivity index (χ2v) is 5.78. The Hall–Kier alpha value is -3.09. The zero-order valence-corrected chi connectivity index (χ0v) is 15.0. The zero-order chi connectivity index (χ0) is 19.1. The number of ether oxygens (including phenoxy) is 2. The van der Waals surface area contributed by atoms with Gasteiger partial charge in [0.05, 0.1) is 18.1 Å². The van der Waals surface area contributed by atoms with E-state index in [1.165, 1.54) is 24.8 Å². The van der Waals surface area contributed by atoms with Gasteiger partial charge in [-0.1, -0.05) is 25.5 Å². The number of rotatable bonds is 8. The van der Waals surface area contributed by atoms with Crippen LogP contribution in [0.4, 0.5) is 11.4 Å². The molecule has 0 saturated heterocycles. The number of nitrogens with zero attached hydrogens (tertiary/aromatic N) is 1. The molecule has 0 spiro atoms. The van der Waals surface area contributed by atoms with E-state index < -0.39 is 16.9 Å². The molecule has 2 rings (SSSR count). The lowest BCUT2D eigenvalue weighted by Gasteiger charge is -2.15. The van der Waals surface area contributed by atoms with E-state index in [0.29, 0.717) is 11.5 Å². The molecule has 2 aromatic rings. The highest BCUT2D eigenvalue weighted by atomic mass is 16.6. The predicted octanol–water partition coefficient (Wildman–Crippen LogP) is 3.96. The smallest absolute Gasteiger partial charge is 0.296 e. The Balaban J connectivity index is 2.06. The van der Waals surface area contributed by atoms with Crippen molar-refractivity contribution in [3.63, 3.8) is 0 Å². The molecule has 1 amide bonds. The summed E-state index contributed by atoms with van der Waals surface area (Å²) in [7, 11) is 1.42. The van der Waals surface area contributed by atoms with E-state index in [2.05, 4.69) is 12.2 Å². The maximum atomic E-state index is 12.3. The van der Waals surface area contributed by atoms with Crippen molar-refractivity contribution < 1.29 is 19.2 Å². The first-order valence-corrected chi connectivity index (χ1v) is 8.33. The molecule has 0 radical (unpaired) electrons. The number of nitro benzene ring substituents is 1. The summed E-state index contributed by atoms with van der Waals surface area (Å²) in [5.41, 5.74) is 1.05. The fourth-order valence-corrected chi connectivity index (χ4v) is 2.41. The number of anilines is 1. The summed E-state index contributed by atoms with van der Waals surface area (Å²) in [6.45, 7) is 3.69. The summed E-state index contributed by atoms with van der Waals surface area (Å²) in [6.07, 6.45) is 1.23. The summed E-state index contributed by atoms with van der Waals surface area (Å²) in [4.78, 5) is 22.9. The predicted molar refractivity (Wildman–Crippen MR) is 98.8 cm³/mol. The minimum Gasteiger partial charge on any atom is -0.496 e. The Morgan fingerprint density at radius 2 is 1.85 bits per heavy atom. The van der Waals surface area contributed by atoms with Gasteiger partial charge in [0, 0.05) is 0 Å². The lowest BCUT2D eigenvalue weighted by molar-refractivity contribution is -0.384. The van der Waals surface area contributed by atoms with Crippen LogP contribution in [-0.4, -0.2) is 24.0 Å². The maximum Gasteiger partial charge on any atom is 0.296 e. The molecule has 1 atom stereocenters. The largest absolute Gasteiger partial charge is 0.496 e. The SMILES string of the molecule is CCCc1ccc(OC(C)C(=O)Nc2ccc(OC)cc2[N+](=O)[O-])cc1. The molecule has 0 fully saturated rings. The fourth-order valence-electron chi connectivity index (χ4n) is 2.41. The molecule has 0 aliphatic heterocycles. The highest BCUT2D eigenvalue weighted by Gasteiger charge is 2.21. The molecule has 0 aliphatic rings. The number of amides is 1. The normalized spacial score (nSPS) is 11.5. The van der Waals surface area contributed by atoms with E-state index in [1.807, 2.05) is 24.3 Å². The average molecular weight is 358 g/mol. The number of nitrogens with one attached hydrogen (secondary N) is 1. The first-order chi connectivity index (χ1) is 12.4. The fraction of sp³-hybridized carbons (Fsp3) is 0.316. The first kappa shape index (κ1) is 19.2. The number of nitro groups is 1. The van der Waals surface area contributed by atoms with Crippen molar-refractivity contribution in [2.75, 3.05) is 12.4 Å². The zero-order valence-electron chi connectivity index (χ0n) is 15.0. The van der Waals surface area contributed by atoms with E-state index >= 15 is 0 Å². The van der Waals surface area contributed by atoms with Gasteiger partial charge >= 0.3 is 0 Å². The molecule has 1 N–H and O–H groups in total. The number of hydrogen-bond acceptors (Lipinski definition) is 5. The summed E-state index contributed by atoms with van der Waals surface area (Å²) >= 11 is 0. The number of carbonyl (C=O) groups excluding carboxylic acids is 1. The number of methoxy groups -OCH3 is 1. The van der Waals surface area contributed by atoms with Crippen LogP contribution >= 0.6 is 0 Å².